The van der Waals surface area contributed by atoms with Gasteiger partial charge in [-0.15, -0.1) is 11.8 Å². The molecule has 1 heterocycles. The molecule has 3 rings (SSSR count). The maximum atomic E-state index is 12.6. The van der Waals surface area contributed by atoms with E-state index in [0.717, 1.165) is 11.8 Å². The average molecular weight is 400 g/mol. The number of carbonyl (C=O) groups is 4. The van der Waals surface area contributed by atoms with Gasteiger partial charge in [-0.2, -0.15) is 5.10 Å². The lowest BCUT2D eigenvalue weighted by molar-refractivity contribution is 0.0945. The number of hydrogen-bond donors (Lipinski definition) is 3. The zero-order valence-corrected chi connectivity index (χ0v) is 15.6. The minimum Gasteiger partial charge on any atom is -0.410 e. The molecule has 1 aliphatic carbocycles. The lowest BCUT2D eigenvalue weighted by Crippen LogP contribution is -2.29. The highest BCUT2D eigenvalue weighted by molar-refractivity contribution is 8.04. The quantitative estimate of drug-likeness (QED) is 0.627. The number of amides is 2. The molecule has 0 spiro atoms. The van der Waals surface area contributed by atoms with Crippen LogP contribution in [0.4, 0.5) is 4.79 Å². The van der Waals surface area contributed by atoms with Crippen LogP contribution in [0.1, 0.15) is 31.3 Å². The molecule has 0 bridgehead atoms. The Kier molecular flexibility index (Phi) is 5.90. The molecule has 3 N–H and O–H groups in total. The van der Waals surface area contributed by atoms with Crippen molar-refractivity contribution in [1.82, 2.24) is 20.8 Å². The molecular weight excluding hydrogens is 384 g/mol. The first-order valence-corrected chi connectivity index (χ1v) is 9.24. The second-order valence-corrected chi connectivity index (χ2v) is 6.72. The second kappa shape index (κ2) is 8.53. The van der Waals surface area contributed by atoms with Crippen LogP contribution in [-0.4, -0.2) is 53.1 Å². The van der Waals surface area contributed by atoms with Crippen molar-refractivity contribution in [3.8, 4) is 5.75 Å². The Hall–Kier alpha value is -3.40. The van der Waals surface area contributed by atoms with Gasteiger partial charge in [0.1, 0.15) is 17.1 Å². The van der Waals surface area contributed by atoms with E-state index in [4.69, 9.17) is 4.74 Å². The van der Waals surface area contributed by atoms with Crippen LogP contribution < -0.4 is 15.4 Å². The number of nitrogens with zero attached hydrogens (tertiary/aromatic N) is 1. The minimum absolute atomic E-state index is 0.0363. The van der Waals surface area contributed by atoms with Crippen LogP contribution in [0.5, 0.6) is 5.75 Å². The summed E-state index contributed by atoms with van der Waals surface area (Å²) >= 11 is 1.10. The van der Waals surface area contributed by atoms with Crippen LogP contribution in [0.25, 0.3) is 0 Å². The van der Waals surface area contributed by atoms with E-state index < -0.39 is 23.6 Å². The zero-order valence-electron chi connectivity index (χ0n) is 14.8. The van der Waals surface area contributed by atoms with Gasteiger partial charge in [0.15, 0.2) is 0 Å². The number of aromatic amines is 1. The van der Waals surface area contributed by atoms with Gasteiger partial charge in [-0.3, -0.25) is 19.5 Å². The van der Waals surface area contributed by atoms with Gasteiger partial charge in [0.2, 0.25) is 11.6 Å². The van der Waals surface area contributed by atoms with Gasteiger partial charge >= 0.3 is 6.09 Å². The standard InChI is InChI=1S/C18H16N4O5S/c1-19-17(25)15-13-14(21-22-15)11(23)9-12(16(13)24)28-8-7-20-18(26)27-10-5-3-2-4-6-10/h2-6,9H,7-8H2,1H3,(H,19,25)(H,20,26)(H,21,22). The smallest absolute Gasteiger partial charge is 0.410 e. The molecule has 10 heteroatoms. The van der Waals surface area contributed by atoms with E-state index in [-0.39, 0.29) is 28.4 Å². The first-order valence-electron chi connectivity index (χ1n) is 8.26. The molecule has 2 aromatic rings. The van der Waals surface area contributed by atoms with Crippen LogP contribution in [0.15, 0.2) is 41.3 Å². The van der Waals surface area contributed by atoms with Crippen molar-refractivity contribution >= 4 is 35.3 Å². The summed E-state index contributed by atoms with van der Waals surface area (Å²) in [7, 11) is 1.41. The lowest BCUT2D eigenvalue weighted by atomic mass is 9.99. The third-order valence-corrected chi connectivity index (χ3v) is 4.77. The van der Waals surface area contributed by atoms with Crippen molar-refractivity contribution in [2.75, 3.05) is 19.3 Å². The van der Waals surface area contributed by atoms with Crippen molar-refractivity contribution in [2.45, 2.75) is 0 Å². The van der Waals surface area contributed by atoms with E-state index in [9.17, 15) is 19.2 Å². The maximum absolute atomic E-state index is 12.6. The van der Waals surface area contributed by atoms with Crippen molar-refractivity contribution in [3.63, 3.8) is 0 Å². The molecule has 0 radical (unpaired) electrons. The van der Waals surface area contributed by atoms with Gasteiger partial charge in [-0.25, -0.2) is 4.79 Å². The number of thioether (sulfide) groups is 1. The summed E-state index contributed by atoms with van der Waals surface area (Å²) < 4.78 is 5.08. The number of rotatable bonds is 6. The first-order chi connectivity index (χ1) is 13.5. The third kappa shape index (κ3) is 4.12. The molecule has 0 aliphatic heterocycles. The van der Waals surface area contributed by atoms with E-state index in [0.29, 0.717) is 11.5 Å². The number of ether oxygens (including phenoxy) is 1. The number of H-pyrrole nitrogens is 1. The van der Waals surface area contributed by atoms with E-state index >= 15 is 0 Å². The number of carbonyl (C=O) groups excluding carboxylic acids is 4. The topological polar surface area (TPSA) is 130 Å². The summed E-state index contributed by atoms with van der Waals surface area (Å²) in [6.45, 7) is 0.218. The Morgan fingerprint density at radius 1 is 1.21 bits per heavy atom. The normalized spacial score (nSPS) is 12.8. The van der Waals surface area contributed by atoms with Crippen LogP contribution >= 0.6 is 11.8 Å². The van der Waals surface area contributed by atoms with E-state index in [1.807, 2.05) is 0 Å². The molecule has 1 aromatic carbocycles. The number of allylic oxidation sites excluding steroid dienone is 2. The highest BCUT2D eigenvalue weighted by Gasteiger charge is 2.33. The Labute approximate surface area is 163 Å². The van der Waals surface area contributed by atoms with E-state index in [1.165, 1.54) is 13.1 Å². The van der Waals surface area contributed by atoms with Crippen molar-refractivity contribution in [3.05, 3.63) is 58.3 Å². The first kappa shape index (κ1) is 19.4. The molecule has 28 heavy (non-hydrogen) atoms. The molecule has 2 amide bonds. The number of benzene rings is 1. The predicted molar refractivity (Wildman–Crippen MR) is 102 cm³/mol. The van der Waals surface area contributed by atoms with Crippen molar-refractivity contribution in [1.29, 1.82) is 0 Å². The molecule has 0 unspecified atom stereocenters. The molecule has 1 aliphatic rings. The molecule has 0 saturated heterocycles. The van der Waals surface area contributed by atoms with Crippen molar-refractivity contribution < 1.29 is 23.9 Å². The van der Waals surface area contributed by atoms with Crippen molar-refractivity contribution in [2.24, 2.45) is 0 Å². The molecular formula is C18H16N4O5S. The highest BCUT2D eigenvalue weighted by atomic mass is 32.2. The van der Waals surface area contributed by atoms with Gasteiger partial charge in [-0.1, -0.05) is 18.2 Å². The number of hydrogen-bond acceptors (Lipinski definition) is 7. The van der Waals surface area contributed by atoms with Crippen LogP contribution in [0.2, 0.25) is 0 Å². The minimum atomic E-state index is -0.620. The molecule has 0 atom stereocenters. The number of para-hydroxylation sites is 1. The molecule has 144 valence electrons. The van der Waals surface area contributed by atoms with Crippen LogP contribution in [-0.2, 0) is 0 Å². The van der Waals surface area contributed by atoms with Gasteiger partial charge in [0, 0.05) is 25.4 Å². The Balaban J connectivity index is 1.56. The van der Waals surface area contributed by atoms with Crippen LogP contribution in [0.3, 0.4) is 0 Å². The zero-order chi connectivity index (χ0) is 20.1. The third-order valence-electron chi connectivity index (χ3n) is 3.75. The largest absolute Gasteiger partial charge is 0.412 e. The van der Waals surface area contributed by atoms with E-state index in [1.54, 1.807) is 30.3 Å². The number of nitrogens with one attached hydrogen (secondary N) is 3. The summed E-state index contributed by atoms with van der Waals surface area (Å²) in [5, 5.41) is 11.2. The lowest BCUT2D eigenvalue weighted by Gasteiger charge is -2.12. The second-order valence-electron chi connectivity index (χ2n) is 5.58. The molecule has 9 nitrogen and oxygen atoms in total. The Bertz CT molecular complexity index is 968. The molecule has 0 saturated carbocycles. The molecule has 0 fully saturated rings. The fourth-order valence-electron chi connectivity index (χ4n) is 2.46. The number of aromatic nitrogens is 2. The number of fused-ring (bicyclic) bond motifs is 1. The summed E-state index contributed by atoms with van der Waals surface area (Å²) in [5.41, 5.74) is -0.157. The fraction of sp³-hybridized carbons (Fsp3) is 0.167. The Morgan fingerprint density at radius 2 is 1.96 bits per heavy atom. The summed E-state index contributed by atoms with van der Waals surface area (Å²) in [6.07, 6.45) is 0.567. The summed E-state index contributed by atoms with van der Waals surface area (Å²) in [4.78, 5) is 48.6. The Morgan fingerprint density at radius 3 is 2.68 bits per heavy atom. The van der Waals surface area contributed by atoms with Gasteiger partial charge < -0.3 is 15.4 Å². The van der Waals surface area contributed by atoms with Gasteiger partial charge in [-0.05, 0) is 12.1 Å². The van der Waals surface area contributed by atoms with Gasteiger partial charge in [0.05, 0.1) is 10.5 Å². The van der Waals surface area contributed by atoms with Gasteiger partial charge in [0.25, 0.3) is 5.91 Å². The average Bonchev–Trinajstić information content (AvgIpc) is 3.15. The fourth-order valence-corrected chi connectivity index (χ4v) is 3.31. The molecule has 1 aromatic heterocycles. The van der Waals surface area contributed by atoms with Crippen LogP contribution in [0, 0.1) is 0 Å². The summed E-state index contributed by atoms with van der Waals surface area (Å²) in [5.74, 6) is -0.708. The monoisotopic (exact) mass is 400 g/mol. The van der Waals surface area contributed by atoms with E-state index in [2.05, 4.69) is 20.8 Å². The SMILES string of the molecule is CNC(=O)c1[nH]nc2c1C(=O)C(SCCNC(=O)Oc1ccccc1)=CC2=O. The number of Topliss-reactive ketones (excluding diaryl/α,β-unsaturated/α-hetero) is 1. The number of ketones is 2. The predicted octanol–water partition coefficient (Wildman–Crippen LogP) is 1.55. The summed E-state index contributed by atoms with van der Waals surface area (Å²) in [6, 6.07) is 8.59. The highest BCUT2D eigenvalue weighted by Crippen LogP contribution is 2.29. The maximum Gasteiger partial charge on any atom is 0.412 e.